The Kier molecular flexibility index (Phi) is 3.47. The molecule has 1 atom stereocenters. The molecule has 6 heteroatoms. The molecular formula is C12H11BrN2O3. The van der Waals surface area contributed by atoms with E-state index in [1.54, 1.807) is 6.07 Å². The number of benzene rings is 1. The summed E-state index contributed by atoms with van der Waals surface area (Å²) in [5.74, 6) is -1.01. The molecule has 2 rings (SSSR count). The van der Waals surface area contributed by atoms with Gasteiger partial charge in [-0.15, -0.1) is 0 Å². The number of nitrogens with one attached hydrogen (secondary N) is 2. The maximum absolute atomic E-state index is 11.7. The number of imide groups is 1. The van der Waals surface area contributed by atoms with Crippen molar-refractivity contribution in [1.29, 1.82) is 0 Å². The molecular weight excluding hydrogens is 300 g/mol. The molecule has 1 aromatic carbocycles. The standard InChI is InChI=1S/C12H11BrN2O3/c1-2-9(13)12(18)14-6-3-4-7-8(5-6)11(17)15-10(7)16/h3-5,9H,2H2,1H3,(H,14,18)(H,15,16,17). The van der Waals surface area contributed by atoms with Crippen molar-refractivity contribution in [1.82, 2.24) is 5.32 Å². The zero-order valence-electron chi connectivity index (χ0n) is 9.62. The van der Waals surface area contributed by atoms with Gasteiger partial charge >= 0.3 is 0 Å². The van der Waals surface area contributed by atoms with E-state index in [2.05, 4.69) is 26.6 Å². The van der Waals surface area contributed by atoms with E-state index in [1.807, 2.05) is 6.92 Å². The van der Waals surface area contributed by atoms with Gasteiger partial charge in [-0.05, 0) is 24.6 Å². The van der Waals surface area contributed by atoms with Gasteiger partial charge in [-0.2, -0.15) is 0 Å². The number of anilines is 1. The summed E-state index contributed by atoms with van der Waals surface area (Å²) in [7, 11) is 0. The first kappa shape index (κ1) is 12.8. The van der Waals surface area contributed by atoms with Gasteiger partial charge in [0.25, 0.3) is 11.8 Å². The molecule has 1 unspecified atom stereocenters. The van der Waals surface area contributed by atoms with E-state index < -0.39 is 11.8 Å². The second-order valence-electron chi connectivity index (χ2n) is 3.91. The number of rotatable bonds is 3. The van der Waals surface area contributed by atoms with Gasteiger partial charge in [0.05, 0.1) is 16.0 Å². The fourth-order valence-electron chi connectivity index (χ4n) is 1.65. The first-order valence-corrected chi connectivity index (χ1v) is 6.39. The van der Waals surface area contributed by atoms with E-state index in [1.165, 1.54) is 12.1 Å². The number of carbonyl (C=O) groups is 3. The van der Waals surface area contributed by atoms with Crippen LogP contribution in [-0.4, -0.2) is 22.5 Å². The number of halogens is 1. The second kappa shape index (κ2) is 4.89. The highest BCUT2D eigenvalue weighted by Crippen LogP contribution is 2.21. The van der Waals surface area contributed by atoms with Gasteiger partial charge in [-0.3, -0.25) is 19.7 Å². The molecule has 0 saturated heterocycles. The van der Waals surface area contributed by atoms with E-state index in [4.69, 9.17) is 0 Å². The minimum absolute atomic E-state index is 0.179. The average molecular weight is 311 g/mol. The van der Waals surface area contributed by atoms with Gasteiger partial charge in [0.1, 0.15) is 0 Å². The van der Waals surface area contributed by atoms with Crippen molar-refractivity contribution in [2.24, 2.45) is 0 Å². The van der Waals surface area contributed by atoms with Crippen molar-refractivity contribution in [3.63, 3.8) is 0 Å². The monoisotopic (exact) mass is 310 g/mol. The molecule has 0 aromatic heterocycles. The summed E-state index contributed by atoms with van der Waals surface area (Å²) >= 11 is 3.24. The Labute approximate surface area is 112 Å². The van der Waals surface area contributed by atoms with E-state index >= 15 is 0 Å². The van der Waals surface area contributed by atoms with E-state index in [9.17, 15) is 14.4 Å². The van der Waals surface area contributed by atoms with Gasteiger partial charge in [0.15, 0.2) is 0 Å². The lowest BCUT2D eigenvalue weighted by Gasteiger charge is -2.09. The van der Waals surface area contributed by atoms with Crippen LogP contribution in [0.25, 0.3) is 0 Å². The molecule has 94 valence electrons. The molecule has 1 heterocycles. The Morgan fingerprint density at radius 3 is 2.67 bits per heavy atom. The van der Waals surface area contributed by atoms with Crippen LogP contribution in [0, 0.1) is 0 Å². The summed E-state index contributed by atoms with van der Waals surface area (Å²) in [4.78, 5) is 34.2. The summed E-state index contributed by atoms with van der Waals surface area (Å²) in [6.45, 7) is 1.88. The lowest BCUT2D eigenvalue weighted by atomic mass is 10.1. The van der Waals surface area contributed by atoms with Crippen molar-refractivity contribution in [2.45, 2.75) is 18.2 Å². The van der Waals surface area contributed by atoms with E-state index in [-0.39, 0.29) is 10.7 Å². The predicted molar refractivity (Wildman–Crippen MR) is 69.9 cm³/mol. The predicted octanol–water partition coefficient (Wildman–Crippen LogP) is 1.68. The van der Waals surface area contributed by atoms with Crippen molar-refractivity contribution < 1.29 is 14.4 Å². The topological polar surface area (TPSA) is 75.3 Å². The third-order valence-electron chi connectivity index (χ3n) is 2.65. The maximum Gasteiger partial charge on any atom is 0.259 e. The molecule has 2 N–H and O–H groups in total. The molecule has 3 amide bonds. The lowest BCUT2D eigenvalue weighted by molar-refractivity contribution is -0.115. The zero-order valence-corrected chi connectivity index (χ0v) is 11.2. The van der Waals surface area contributed by atoms with Gasteiger partial charge in [-0.1, -0.05) is 22.9 Å². The van der Waals surface area contributed by atoms with Crippen molar-refractivity contribution in [3.05, 3.63) is 29.3 Å². The van der Waals surface area contributed by atoms with Crippen LogP contribution in [0.1, 0.15) is 34.1 Å². The summed E-state index contributed by atoms with van der Waals surface area (Å²) < 4.78 is 0. The number of hydrogen-bond donors (Lipinski definition) is 2. The Balaban J connectivity index is 2.23. The highest BCUT2D eigenvalue weighted by Gasteiger charge is 2.27. The second-order valence-corrected chi connectivity index (χ2v) is 5.01. The van der Waals surface area contributed by atoms with Crippen LogP contribution >= 0.6 is 15.9 Å². The summed E-state index contributed by atoms with van der Waals surface area (Å²) in [5.41, 5.74) is 1.13. The fourth-order valence-corrected chi connectivity index (χ4v) is 1.77. The van der Waals surface area contributed by atoms with Gasteiger partial charge in [0, 0.05) is 5.69 Å². The summed E-state index contributed by atoms with van der Waals surface area (Å²) in [6, 6.07) is 4.63. The minimum Gasteiger partial charge on any atom is -0.325 e. The quantitative estimate of drug-likeness (QED) is 0.659. The van der Waals surface area contributed by atoms with Crippen LogP contribution < -0.4 is 10.6 Å². The largest absolute Gasteiger partial charge is 0.325 e. The molecule has 0 bridgehead atoms. The van der Waals surface area contributed by atoms with E-state index in [0.29, 0.717) is 23.2 Å². The van der Waals surface area contributed by atoms with Crippen LogP contribution in [0.15, 0.2) is 18.2 Å². The molecule has 18 heavy (non-hydrogen) atoms. The Morgan fingerprint density at radius 1 is 1.33 bits per heavy atom. The van der Waals surface area contributed by atoms with Crippen LogP contribution in [0.3, 0.4) is 0 Å². The Hall–Kier alpha value is -1.69. The number of fused-ring (bicyclic) bond motifs is 1. The Morgan fingerprint density at radius 2 is 2.00 bits per heavy atom. The molecule has 0 spiro atoms. The molecule has 1 aliphatic heterocycles. The summed E-state index contributed by atoms with van der Waals surface area (Å²) in [5, 5.41) is 4.88. The fraction of sp³-hybridized carbons (Fsp3) is 0.250. The molecule has 0 fully saturated rings. The van der Waals surface area contributed by atoms with Gasteiger partial charge < -0.3 is 5.32 Å². The molecule has 5 nitrogen and oxygen atoms in total. The summed E-state index contributed by atoms with van der Waals surface area (Å²) in [6.07, 6.45) is 0.662. The van der Waals surface area contributed by atoms with Crippen LogP contribution in [0.5, 0.6) is 0 Å². The van der Waals surface area contributed by atoms with Gasteiger partial charge in [-0.25, -0.2) is 0 Å². The molecule has 1 aromatic rings. The number of amides is 3. The van der Waals surface area contributed by atoms with Crippen molar-refractivity contribution >= 4 is 39.3 Å². The molecule has 0 aliphatic carbocycles. The first-order chi connectivity index (χ1) is 8.52. The third-order valence-corrected chi connectivity index (χ3v) is 3.71. The Bertz CT molecular complexity index is 542. The lowest BCUT2D eigenvalue weighted by Crippen LogP contribution is -2.22. The first-order valence-electron chi connectivity index (χ1n) is 5.47. The number of hydrogen-bond acceptors (Lipinski definition) is 3. The van der Waals surface area contributed by atoms with E-state index in [0.717, 1.165) is 0 Å². The smallest absolute Gasteiger partial charge is 0.259 e. The van der Waals surface area contributed by atoms with Crippen LogP contribution in [0.4, 0.5) is 5.69 Å². The molecule has 0 radical (unpaired) electrons. The highest BCUT2D eigenvalue weighted by molar-refractivity contribution is 9.10. The van der Waals surface area contributed by atoms with Crippen molar-refractivity contribution in [3.8, 4) is 0 Å². The SMILES string of the molecule is CCC(Br)C(=O)Nc1ccc2c(c1)C(=O)NC2=O. The van der Waals surface area contributed by atoms with Crippen LogP contribution in [-0.2, 0) is 4.79 Å². The maximum atomic E-state index is 11.7. The third kappa shape index (κ3) is 2.28. The number of carbonyl (C=O) groups excluding carboxylic acids is 3. The zero-order chi connectivity index (χ0) is 13.3. The molecule has 0 saturated carbocycles. The highest BCUT2D eigenvalue weighted by atomic mass is 79.9. The average Bonchev–Trinajstić information content (AvgIpc) is 2.63. The van der Waals surface area contributed by atoms with Gasteiger partial charge in [0.2, 0.25) is 5.91 Å². The normalized spacial score (nSPS) is 15.0. The minimum atomic E-state index is -0.433. The molecule has 1 aliphatic rings. The van der Waals surface area contributed by atoms with Crippen LogP contribution in [0.2, 0.25) is 0 Å². The number of alkyl halides is 1. The van der Waals surface area contributed by atoms with Crippen molar-refractivity contribution in [2.75, 3.05) is 5.32 Å².